The molecule has 20 heavy (non-hydrogen) atoms. The second-order valence-corrected chi connectivity index (χ2v) is 4.16. The third-order valence-electron chi connectivity index (χ3n) is 2.80. The smallest absolute Gasteiger partial charge is 0.272 e. The van der Waals surface area contributed by atoms with Crippen LogP contribution in [0.1, 0.15) is 22.0 Å². The van der Waals surface area contributed by atoms with Crippen LogP contribution in [0, 0.1) is 0 Å². The molecular weight excluding hydrogens is 260 g/mol. The number of nitrogens with one attached hydrogen (secondary N) is 2. The summed E-state index contributed by atoms with van der Waals surface area (Å²) in [5, 5.41) is 21.1. The number of rotatable bonds is 4. The summed E-state index contributed by atoms with van der Waals surface area (Å²) in [4.78, 5) is 26.2. The number of aromatic amines is 1. The summed E-state index contributed by atoms with van der Waals surface area (Å²) in [7, 11) is 0. The summed E-state index contributed by atoms with van der Waals surface area (Å²) in [6.07, 6.45) is 0.109. The predicted molar refractivity (Wildman–Crippen MR) is 73.5 cm³/mol. The minimum Gasteiger partial charge on any atom is -0.393 e. The lowest BCUT2D eigenvalue weighted by atomic mass is 10.1. The molecule has 1 aromatic heterocycles. The van der Waals surface area contributed by atoms with E-state index in [-0.39, 0.29) is 11.3 Å². The molecule has 104 valence electrons. The normalized spacial score (nSPS) is 11.9. The molecule has 1 heterocycles. The van der Waals surface area contributed by atoms with Gasteiger partial charge < -0.3 is 20.5 Å². The SMILES string of the molecule is O=C(Nc1c([C@@H](O)CO)cc[nH]c1=O)c1ccccc1. The highest BCUT2D eigenvalue weighted by atomic mass is 16.3. The summed E-state index contributed by atoms with van der Waals surface area (Å²) >= 11 is 0. The zero-order valence-electron chi connectivity index (χ0n) is 10.5. The van der Waals surface area contributed by atoms with Gasteiger partial charge in [-0.3, -0.25) is 9.59 Å². The highest BCUT2D eigenvalue weighted by Crippen LogP contribution is 2.18. The van der Waals surface area contributed by atoms with Crippen LogP contribution in [0.3, 0.4) is 0 Å². The van der Waals surface area contributed by atoms with E-state index in [9.17, 15) is 14.7 Å². The molecule has 6 nitrogen and oxygen atoms in total. The Morgan fingerprint density at radius 1 is 1.25 bits per heavy atom. The van der Waals surface area contributed by atoms with Crippen molar-refractivity contribution in [2.75, 3.05) is 11.9 Å². The van der Waals surface area contributed by atoms with Gasteiger partial charge >= 0.3 is 0 Å². The number of H-pyrrole nitrogens is 1. The van der Waals surface area contributed by atoms with Crippen LogP contribution in [-0.4, -0.2) is 27.7 Å². The van der Waals surface area contributed by atoms with Crippen molar-refractivity contribution in [1.29, 1.82) is 0 Å². The van der Waals surface area contributed by atoms with Crippen LogP contribution in [0.2, 0.25) is 0 Å². The van der Waals surface area contributed by atoms with Crippen LogP contribution in [0.4, 0.5) is 5.69 Å². The van der Waals surface area contributed by atoms with Gasteiger partial charge in [-0.1, -0.05) is 18.2 Å². The first-order chi connectivity index (χ1) is 9.63. The molecule has 0 spiro atoms. The van der Waals surface area contributed by atoms with Crippen molar-refractivity contribution >= 4 is 11.6 Å². The van der Waals surface area contributed by atoms with Crippen LogP contribution < -0.4 is 10.9 Å². The number of hydrogen-bond acceptors (Lipinski definition) is 4. The van der Waals surface area contributed by atoms with Gasteiger partial charge in [0.1, 0.15) is 11.8 Å². The highest BCUT2D eigenvalue weighted by Gasteiger charge is 2.17. The number of aromatic nitrogens is 1. The number of amides is 1. The van der Waals surface area contributed by atoms with Crippen molar-refractivity contribution in [3.63, 3.8) is 0 Å². The number of aliphatic hydroxyl groups is 2. The Morgan fingerprint density at radius 2 is 1.95 bits per heavy atom. The molecule has 0 saturated carbocycles. The van der Waals surface area contributed by atoms with Crippen molar-refractivity contribution in [1.82, 2.24) is 4.98 Å². The van der Waals surface area contributed by atoms with Gasteiger partial charge in [-0.15, -0.1) is 0 Å². The largest absolute Gasteiger partial charge is 0.393 e. The Bertz CT molecular complexity index is 652. The highest BCUT2D eigenvalue weighted by molar-refractivity contribution is 6.04. The second-order valence-electron chi connectivity index (χ2n) is 4.16. The first-order valence-corrected chi connectivity index (χ1v) is 6.00. The molecule has 1 aromatic carbocycles. The average Bonchev–Trinajstić information content (AvgIpc) is 2.49. The van der Waals surface area contributed by atoms with Gasteiger partial charge in [0, 0.05) is 17.3 Å². The maximum absolute atomic E-state index is 12.0. The molecule has 0 unspecified atom stereocenters. The zero-order valence-corrected chi connectivity index (χ0v) is 10.5. The maximum atomic E-state index is 12.0. The third-order valence-corrected chi connectivity index (χ3v) is 2.80. The molecule has 0 aliphatic heterocycles. The topological polar surface area (TPSA) is 102 Å². The number of hydrogen-bond donors (Lipinski definition) is 4. The van der Waals surface area contributed by atoms with Crippen LogP contribution in [0.15, 0.2) is 47.4 Å². The molecule has 2 aromatic rings. The van der Waals surface area contributed by atoms with E-state index in [0.717, 1.165) is 0 Å². The maximum Gasteiger partial charge on any atom is 0.272 e. The van der Waals surface area contributed by atoms with Gasteiger partial charge in [0.05, 0.1) is 6.61 Å². The lowest BCUT2D eigenvalue weighted by Gasteiger charge is -2.13. The third kappa shape index (κ3) is 2.93. The molecule has 1 amide bonds. The van der Waals surface area contributed by atoms with Crippen LogP contribution >= 0.6 is 0 Å². The molecule has 0 radical (unpaired) electrons. The Labute approximate surface area is 114 Å². The summed E-state index contributed by atoms with van der Waals surface area (Å²) in [5.41, 5.74) is -0.0529. The quantitative estimate of drug-likeness (QED) is 0.657. The Hall–Kier alpha value is -2.44. The fraction of sp³-hybridized carbons (Fsp3) is 0.143. The number of carbonyl (C=O) groups is 1. The second kappa shape index (κ2) is 6.14. The van der Waals surface area contributed by atoms with Crippen molar-refractivity contribution < 1.29 is 15.0 Å². The fourth-order valence-corrected chi connectivity index (χ4v) is 1.77. The number of pyridine rings is 1. The van der Waals surface area contributed by atoms with Crippen molar-refractivity contribution in [3.05, 3.63) is 64.1 Å². The van der Waals surface area contributed by atoms with Gasteiger partial charge in [-0.2, -0.15) is 0 Å². The molecule has 0 fully saturated rings. The van der Waals surface area contributed by atoms with Gasteiger partial charge in [0.2, 0.25) is 0 Å². The van der Waals surface area contributed by atoms with E-state index >= 15 is 0 Å². The van der Waals surface area contributed by atoms with E-state index in [4.69, 9.17) is 5.11 Å². The van der Waals surface area contributed by atoms with E-state index in [0.29, 0.717) is 5.56 Å². The number of benzene rings is 1. The van der Waals surface area contributed by atoms with Crippen molar-refractivity contribution in [2.24, 2.45) is 0 Å². The molecule has 4 N–H and O–H groups in total. The molecule has 2 rings (SSSR count). The van der Waals surface area contributed by atoms with Gasteiger partial charge in [0.25, 0.3) is 11.5 Å². The first kappa shape index (κ1) is 14.0. The lowest BCUT2D eigenvalue weighted by Crippen LogP contribution is -2.23. The van der Waals surface area contributed by atoms with E-state index in [1.807, 2.05) is 0 Å². The lowest BCUT2D eigenvalue weighted by molar-refractivity contribution is 0.0954. The molecule has 0 aliphatic rings. The average molecular weight is 274 g/mol. The molecule has 6 heteroatoms. The minimum atomic E-state index is -1.23. The summed E-state index contributed by atoms with van der Waals surface area (Å²) in [6, 6.07) is 9.82. The molecule has 0 bridgehead atoms. The summed E-state index contributed by atoms with van der Waals surface area (Å²) < 4.78 is 0. The molecule has 0 aliphatic carbocycles. The minimum absolute atomic E-state index is 0.0668. The number of aliphatic hydroxyl groups excluding tert-OH is 2. The van der Waals surface area contributed by atoms with Crippen molar-refractivity contribution in [3.8, 4) is 0 Å². The number of carbonyl (C=O) groups excluding carboxylic acids is 1. The Morgan fingerprint density at radius 3 is 2.60 bits per heavy atom. The monoisotopic (exact) mass is 274 g/mol. The van der Waals surface area contributed by atoms with E-state index in [1.54, 1.807) is 30.3 Å². The van der Waals surface area contributed by atoms with Crippen LogP contribution in [-0.2, 0) is 0 Å². The van der Waals surface area contributed by atoms with Gasteiger partial charge in [-0.05, 0) is 18.2 Å². The van der Waals surface area contributed by atoms with Crippen LogP contribution in [0.5, 0.6) is 0 Å². The molecule has 0 saturated heterocycles. The van der Waals surface area contributed by atoms with Crippen LogP contribution in [0.25, 0.3) is 0 Å². The molecular formula is C14H14N2O4. The molecule has 1 atom stereocenters. The number of anilines is 1. The van der Waals surface area contributed by atoms with E-state index in [1.165, 1.54) is 12.3 Å². The standard InChI is InChI=1S/C14H14N2O4/c17-8-11(18)10-6-7-15-14(20)12(10)16-13(19)9-4-2-1-3-5-9/h1-7,11,17-18H,8H2,(H,15,20)(H,16,19)/t11-/m0/s1. The zero-order chi connectivity index (χ0) is 14.5. The van der Waals surface area contributed by atoms with E-state index in [2.05, 4.69) is 10.3 Å². The summed E-state index contributed by atoms with van der Waals surface area (Å²) in [5.74, 6) is -0.464. The fourth-order valence-electron chi connectivity index (χ4n) is 1.77. The Balaban J connectivity index is 2.34. The van der Waals surface area contributed by atoms with E-state index < -0.39 is 24.2 Å². The van der Waals surface area contributed by atoms with Crippen molar-refractivity contribution in [2.45, 2.75) is 6.10 Å². The Kier molecular flexibility index (Phi) is 4.29. The summed E-state index contributed by atoms with van der Waals surface area (Å²) in [6.45, 7) is -0.544. The van der Waals surface area contributed by atoms with Gasteiger partial charge in [-0.25, -0.2) is 0 Å². The first-order valence-electron chi connectivity index (χ1n) is 6.00. The predicted octanol–water partition coefficient (Wildman–Crippen LogP) is 0.653. The van der Waals surface area contributed by atoms with Gasteiger partial charge in [0.15, 0.2) is 0 Å².